The normalized spacial score (nSPS) is 10.9. The van der Waals surface area contributed by atoms with E-state index in [1.807, 2.05) is 75.9 Å². The minimum atomic E-state index is -0.271. The number of anilines is 4. The molecule has 0 saturated heterocycles. The number of hydrogen-bond acceptors (Lipinski definition) is 7. The highest BCUT2D eigenvalue weighted by Crippen LogP contribution is 2.31. The van der Waals surface area contributed by atoms with Crippen LogP contribution in [0.15, 0.2) is 79.8 Å². The molecule has 0 bridgehead atoms. The van der Waals surface area contributed by atoms with Crippen LogP contribution in [0.3, 0.4) is 0 Å². The fraction of sp³-hybridized carbons (Fsp3) is 0.185. The molecule has 0 fully saturated rings. The lowest BCUT2D eigenvalue weighted by molar-refractivity contribution is -0.111. The monoisotopic (exact) mass is 467 g/mol. The second-order valence-electron chi connectivity index (χ2n) is 8.45. The fourth-order valence-electron chi connectivity index (χ4n) is 3.70. The summed E-state index contributed by atoms with van der Waals surface area (Å²) in [4.78, 5) is 29.8. The Labute approximate surface area is 205 Å². The lowest BCUT2D eigenvalue weighted by Crippen LogP contribution is -2.29. The van der Waals surface area contributed by atoms with Crippen LogP contribution in [-0.4, -0.2) is 60.0 Å². The number of carbonyl (C=O) groups excluding carboxylic acids is 1. The number of hydrogen-bond donors (Lipinski definition) is 2. The van der Waals surface area contributed by atoms with Crippen molar-refractivity contribution in [1.29, 1.82) is 0 Å². The van der Waals surface area contributed by atoms with Gasteiger partial charge in [0.05, 0.1) is 16.9 Å². The van der Waals surface area contributed by atoms with E-state index in [2.05, 4.69) is 37.0 Å². The van der Waals surface area contributed by atoms with E-state index in [1.165, 1.54) is 6.08 Å². The summed E-state index contributed by atoms with van der Waals surface area (Å²) < 4.78 is 0. The molecule has 0 saturated carbocycles. The maximum Gasteiger partial charge on any atom is 0.247 e. The summed E-state index contributed by atoms with van der Waals surface area (Å²) in [6, 6.07) is 15.7. The molecule has 178 valence electrons. The van der Waals surface area contributed by atoms with E-state index in [0.717, 1.165) is 46.5 Å². The first-order valence-corrected chi connectivity index (χ1v) is 11.3. The van der Waals surface area contributed by atoms with Gasteiger partial charge in [-0.2, -0.15) is 0 Å². The molecule has 4 rings (SSSR count). The Kier molecular flexibility index (Phi) is 7.32. The lowest BCUT2D eigenvalue weighted by Gasteiger charge is -2.24. The maximum absolute atomic E-state index is 12.1. The second-order valence-corrected chi connectivity index (χ2v) is 8.45. The second kappa shape index (κ2) is 10.8. The van der Waals surface area contributed by atoms with Crippen molar-refractivity contribution in [1.82, 2.24) is 19.9 Å². The number of nitrogens with one attached hydrogen (secondary N) is 2. The first-order chi connectivity index (χ1) is 16.9. The summed E-state index contributed by atoms with van der Waals surface area (Å²) in [5.74, 6) is 0.191. The molecule has 1 amide bonds. The van der Waals surface area contributed by atoms with Gasteiger partial charge in [-0.15, -0.1) is 0 Å². The van der Waals surface area contributed by atoms with Crippen LogP contribution in [0.25, 0.3) is 22.0 Å². The van der Waals surface area contributed by atoms with Crippen LogP contribution >= 0.6 is 0 Å². The number of rotatable bonds is 9. The van der Waals surface area contributed by atoms with Gasteiger partial charge in [0.2, 0.25) is 11.9 Å². The Morgan fingerprint density at radius 2 is 1.91 bits per heavy atom. The molecule has 0 atom stereocenters. The molecular formula is C27H29N7O. The van der Waals surface area contributed by atoms with Gasteiger partial charge >= 0.3 is 0 Å². The van der Waals surface area contributed by atoms with Crippen molar-refractivity contribution >= 4 is 39.8 Å². The number of likely N-dealkylation sites (N-methyl/N-ethyl adjacent to an activating group) is 2. The molecule has 2 heterocycles. The van der Waals surface area contributed by atoms with Crippen LogP contribution in [0.1, 0.15) is 0 Å². The molecule has 8 nitrogen and oxygen atoms in total. The van der Waals surface area contributed by atoms with Crippen molar-refractivity contribution in [3.63, 3.8) is 0 Å². The molecule has 2 N–H and O–H groups in total. The van der Waals surface area contributed by atoms with Crippen LogP contribution in [-0.2, 0) is 4.79 Å². The predicted octanol–water partition coefficient (Wildman–Crippen LogP) is 4.56. The summed E-state index contributed by atoms with van der Waals surface area (Å²) in [5.41, 5.74) is 5.15. The maximum atomic E-state index is 12.1. The van der Waals surface area contributed by atoms with Gasteiger partial charge in [-0.25, -0.2) is 9.97 Å². The summed E-state index contributed by atoms with van der Waals surface area (Å²) in [6.07, 6.45) is 6.63. The van der Waals surface area contributed by atoms with Crippen molar-refractivity contribution in [3.05, 3.63) is 79.8 Å². The van der Waals surface area contributed by atoms with E-state index < -0.39 is 0 Å². The van der Waals surface area contributed by atoms with Crippen LogP contribution in [0.4, 0.5) is 23.0 Å². The number of nitrogens with zero attached hydrogens (tertiary/aromatic N) is 5. The molecule has 2 aromatic heterocycles. The third kappa shape index (κ3) is 5.80. The van der Waals surface area contributed by atoms with E-state index in [0.29, 0.717) is 11.6 Å². The molecule has 0 aliphatic rings. The summed E-state index contributed by atoms with van der Waals surface area (Å²) in [6.45, 7) is 5.26. The zero-order valence-corrected chi connectivity index (χ0v) is 20.2. The Balaban J connectivity index is 1.66. The van der Waals surface area contributed by atoms with E-state index in [4.69, 9.17) is 4.98 Å². The van der Waals surface area contributed by atoms with Gasteiger partial charge in [0, 0.05) is 60.9 Å². The number of benzene rings is 2. The van der Waals surface area contributed by atoms with Gasteiger partial charge in [-0.1, -0.05) is 30.8 Å². The van der Waals surface area contributed by atoms with Gasteiger partial charge in [0.25, 0.3) is 0 Å². The molecule has 0 unspecified atom stereocenters. The highest BCUT2D eigenvalue weighted by molar-refractivity contribution is 6.01. The van der Waals surface area contributed by atoms with Crippen LogP contribution < -0.4 is 15.5 Å². The third-order valence-corrected chi connectivity index (χ3v) is 5.57. The molecule has 0 aliphatic carbocycles. The quantitative estimate of drug-likeness (QED) is 0.349. The number of pyridine rings is 1. The highest BCUT2D eigenvalue weighted by atomic mass is 16.1. The van der Waals surface area contributed by atoms with Crippen LogP contribution in [0.2, 0.25) is 0 Å². The molecular weight excluding hydrogens is 438 g/mol. The molecule has 4 aromatic rings. The Hall–Kier alpha value is -4.30. The van der Waals surface area contributed by atoms with Crippen LogP contribution in [0, 0.1) is 0 Å². The number of para-hydroxylation sites is 1. The number of fused-ring (bicyclic) bond motifs is 1. The Morgan fingerprint density at radius 1 is 1.06 bits per heavy atom. The minimum absolute atomic E-state index is 0.271. The standard InChI is InChI=1S/C27H29N7O/c1-5-25(35)31-23-16-21(11-12-24(23)34(4)15-14-33(2)3)30-27-29-18-20-8-6-10-22(26(20)32-27)19-9-7-13-28-17-19/h5-13,16-18H,1,14-15H2,2-4H3,(H,31,35)(H,29,30,32). The zero-order chi connectivity index (χ0) is 24.8. The average molecular weight is 468 g/mol. The van der Waals surface area contributed by atoms with Crippen LogP contribution in [0.5, 0.6) is 0 Å². The predicted molar refractivity (Wildman–Crippen MR) is 143 cm³/mol. The van der Waals surface area contributed by atoms with E-state index in [-0.39, 0.29) is 5.91 Å². The molecule has 0 radical (unpaired) electrons. The molecule has 0 spiro atoms. The van der Waals surface area contributed by atoms with Gasteiger partial charge in [-0.3, -0.25) is 9.78 Å². The fourth-order valence-corrected chi connectivity index (χ4v) is 3.70. The first-order valence-electron chi connectivity index (χ1n) is 11.3. The van der Waals surface area contributed by atoms with E-state index >= 15 is 0 Å². The van der Waals surface area contributed by atoms with Crippen molar-refractivity contribution in [2.75, 3.05) is 49.8 Å². The number of amides is 1. The SMILES string of the molecule is C=CC(=O)Nc1cc(Nc2ncc3cccc(-c4cccnc4)c3n2)ccc1N(C)CCN(C)C. The average Bonchev–Trinajstić information content (AvgIpc) is 2.87. The molecule has 2 aromatic carbocycles. The third-order valence-electron chi connectivity index (χ3n) is 5.57. The summed E-state index contributed by atoms with van der Waals surface area (Å²) in [7, 11) is 6.07. The van der Waals surface area contributed by atoms with Crippen molar-refractivity contribution in [2.45, 2.75) is 0 Å². The van der Waals surface area contributed by atoms with Gasteiger partial charge in [0.15, 0.2) is 0 Å². The zero-order valence-electron chi connectivity index (χ0n) is 20.2. The molecule has 35 heavy (non-hydrogen) atoms. The Bertz CT molecular complexity index is 1340. The van der Waals surface area contributed by atoms with E-state index in [9.17, 15) is 4.79 Å². The Morgan fingerprint density at radius 3 is 2.66 bits per heavy atom. The number of aromatic nitrogens is 3. The minimum Gasteiger partial charge on any atom is -0.372 e. The van der Waals surface area contributed by atoms with Crippen molar-refractivity contribution in [2.24, 2.45) is 0 Å². The smallest absolute Gasteiger partial charge is 0.247 e. The topological polar surface area (TPSA) is 86.3 Å². The van der Waals surface area contributed by atoms with E-state index in [1.54, 1.807) is 12.4 Å². The van der Waals surface area contributed by atoms with Crippen molar-refractivity contribution < 1.29 is 4.79 Å². The van der Waals surface area contributed by atoms with Gasteiger partial charge < -0.3 is 20.4 Å². The summed E-state index contributed by atoms with van der Waals surface area (Å²) in [5, 5.41) is 7.13. The molecule has 0 aliphatic heterocycles. The molecule has 8 heteroatoms. The first kappa shape index (κ1) is 23.8. The number of carbonyl (C=O) groups is 1. The van der Waals surface area contributed by atoms with Gasteiger partial charge in [-0.05, 0) is 44.4 Å². The van der Waals surface area contributed by atoms with Gasteiger partial charge in [0.1, 0.15) is 0 Å². The van der Waals surface area contributed by atoms with Crippen molar-refractivity contribution in [3.8, 4) is 11.1 Å². The largest absolute Gasteiger partial charge is 0.372 e. The highest BCUT2D eigenvalue weighted by Gasteiger charge is 2.13. The summed E-state index contributed by atoms with van der Waals surface area (Å²) >= 11 is 0. The lowest BCUT2D eigenvalue weighted by atomic mass is 10.0.